The molecule has 1 saturated carbocycles. The van der Waals surface area contributed by atoms with Crippen LogP contribution in [0.4, 0.5) is 26.3 Å². The number of hydrogen-bond donors (Lipinski definition) is 0. The summed E-state index contributed by atoms with van der Waals surface area (Å²) >= 11 is 2.23. The molecule has 1 aliphatic carbocycles. The molecule has 7 rings (SSSR count). The first kappa shape index (κ1) is 40.6. The standard InChI is InChI=1S/C47H44F6O2S2/c1-43(2,3)31-17-9-29(10-18-31)41-35(25-37(56-41)27-13-21-33(54-7)22-14-27)39-40(46(50,51)47(52,53)45(39,48)49)36-26-38(28-15-23-34(55-8)24-16-28)57-42(36)30-11-19-32(20-12-30)44(4,5)6/h9-26,39-40H,1-8H3. The Hall–Kier alpha value is -4.54. The smallest absolute Gasteiger partial charge is 0.373 e. The second-order valence-electron chi connectivity index (χ2n) is 16.7. The van der Waals surface area contributed by atoms with Crippen molar-refractivity contribution >= 4 is 22.7 Å². The van der Waals surface area contributed by atoms with Crippen molar-refractivity contribution in [3.05, 3.63) is 131 Å². The van der Waals surface area contributed by atoms with Crippen LogP contribution >= 0.6 is 22.7 Å². The van der Waals surface area contributed by atoms with Crippen LogP contribution in [0.5, 0.6) is 11.5 Å². The van der Waals surface area contributed by atoms with Crippen LogP contribution in [-0.2, 0) is 10.8 Å². The second kappa shape index (κ2) is 14.4. The Balaban J connectivity index is 1.49. The fourth-order valence-corrected chi connectivity index (χ4v) is 9.98. The van der Waals surface area contributed by atoms with E-state index in [4.69, 9.17) is 9.47 Å². The van der Waals surface area contributed by atoms with Crippen LogP contribution in [0.1, 0.15) is 75.6 Å². The number of halogens is 6. The van der Waals surface area contributed by atoms with Crippen LogP contribution < -0.4 is 9.47 Å². The first-order chi connectivity index (χ1) is 26.7. The minimum Gasteiger partial charge on any atom is -0.497 e. The molecular formula is C47H44F6O2S2. The Morgan fingerprint density at radius 1 is 0.456 bits per heavy atom. The fourth-order valence-electron chi connectivity index (χ4n) is 7.54. The van der Waals surface area contributed by atoms with Gasteiger partial charge in [0.05, 0.1) is 26.1 Å². The van der Waals surface area contributed by atoms with Gasteiger partial charge in [-0.1, -0.05) is 90.1 Å². The molecule has 2 heterocycles. The lowest BCUT2D eigenvalue weighted by Crippen LogP contribution is -2.48. The predicted molar refractivity (Wildman–Crippen MR) is 221 cm³/mol. The van der Waals surface area contributed by atoms with Gasteiger partial charge in [-0.05, 0) is 116 Å². The zero-order valence-corrected chi connectivity index (χ0v) is 34.6. The van der Waals surface area contributed by atoms with E-state index in [1.165, 1.54) is 26.4 Å². The molecule has 0 aliphatic heterocycles. The third-order valence-corrected chi connectivity index (χ3v) is 13.4. The van der Waals surface area contributed by atoms with Gasteiger partial charge >= 0.3 is 17.8 Å². The lowest BCUT2D eigenvalue weighted by Gasteiger charge is -2.26. The molecule has 6 aromatic rings. The molecule has 4 aromatic carbocycles. The molecule has 10 heteroatoms. The van der Waals surface area contributed by atoms with Gasteiger partial charge in [0.25, 0.3) is 0 Å². The van der Waals surface area contributed by atoms with Crippen LogP contribution in [0.15, 0.2) is 109 Å². The molecule has 0 radical (unpaired) electrons. The van der Waals surface area contributed by atoms with Crippen molar-refractivity contribution in [2.45, 2.75) is 82.0 Å². The third-order valence-electron chi connectivity index (χ3n) is 10.9. The normalized spacial score (nSPS) is 18.8. The monoisotopic (exact) mass is 818 g/mol. The van der Waals surface area contributed by atoms with Crippen LogP contribution in [0.3, 0.4) is 0 Å². The van der Waals surface area contributed by atoms with Crippen LogP contribution in [-0.4, -0.2) is 32.0 Å². The van der Waals surface area contributed by atoms with Crippen molar-refractivity contribution in [2.24, 2.45) is 0 Å². The topological polar surface area (TPSA) is 18.5 Å². The number of rotatable bonds is 8. The number of methoxy groups -OCH3 is 2. The van der Waals surface area contributed by atoms with E-state index in [0.29, 0.717) is 43.5 Å². The highest BCUT2D eigenvalue weighted by Crippen LogP contribution is 2.71. The van der Waals surface area contributed by atoms with Gasteiger partial charge in [-0.25, -0.2) is 0 Å². The largest absolute Gasteiger partial charge is 0.497 e. The summed E-state index contributed by atoms with van der Waals surface area (Å²) in [6.45, 7) is 12.2. The highest BCUT2D eigenvalue weighted by molar-refractivity contribution is 7.19. The minimum atomic E-state index is -5.68. The van der Waals surface area contributed by atoms with Gasteiger partial charge in [0.1, 0.15) is 11.5 Å². The van der Waals surface area contributed by atoms with Gasteiger partial charge < -0.3 is 9.47 Å². The molecule has 0 spiro atoms. The highest BCUT2D eigenvalue weighted by Gasteiger charge is 2.85. The zero-order valence-electron chi connectivity index (χ0n) is 32.9. The van der Waals surface area contributed by atoms with Crippen LogP contribution in [0, 0.1) is 0 Å². The minimum absolute atomic E-state index is 0.228. The molecule has 0 saturated heterocycles. The summed E-state index contributed by atoms with van der Waals surface area (Å²) in [6.07, 6.45) is 0. The van der Waals surface area contributed by atoms with Crippen molar-refractivity contribution in [3.8, 4) is 53.3 Å². The maximum atomic E-state index is 16.8. The summed E-state index contributed by atoms with van der Waals surface area (Å²) in [7, 11) is 3.02. The number of thiophene rings is 2. The lowest BCUT2D eigenvalue weighted by molar-refractivity contribution is -0.274. The number of benzene rings is 4. The number of alkyl halides is 6. The average molecular weight is 819 g/mol. The summed E-state index contributed by atoms with van der Waals surface area (Å²) in [4.78, 5) is 1.40. The molecule has 1 fully saturated rings. The summed E-state index contributed by atoms with van der Waals surface area (Å²) in [5.41, 5.74) is 3.10. The average Bonchev–Trinajstić information content (AvgIpc) is 3.83. The molecule has 2 unspecified atom stereocenters. The van der Waals surface area contributed by atoms with Gasteiger partial charge in [0, 0.05) is 19.5 Å². The molecule has 2 atom stereocenters. The van der Waals surface area contributed by atoms with E-state index in [-0.39, 0.29) is 31.7 Å². The third kappa shape index (κ3) is 7.07. The molecule has 0 amide bonds. The van der Waals surface area contributed by atoms with E-state index in [2.05, 4.69) is 0 Å². The van der Waals surface area contributed by atoms with Gasteiger partial charge in [-0.3, -0.25) is 0 Å². The predicted octanol–water partition coefficient (Wildman–Crippen LogP) is 14.9. The molecule has 57 heavy (non-hydrogen) atoms. The Kier molecular flexibility index (Phi) is 10.3. The SMILES string of the molecule is COc1ccc(-c2cc(C3C(c4cc(-c5ccc(OC)cc5)sc4-c4ccc(C(C)(C)C)cc4)C(F)(F)C(F)(F)C3(F)F)c(-c3ccc(C(C)(C)C)cc3)s2)cc1. The van der Waals surface area contributed by atoms with Gasteiger partial charge in [0.15, 0.2) is 0 Å². The molecule has 0 bridgehead atoms. The molecule has 2 aromatic heterocycles. The Labute approximate surface area is 338 Å². The first-order valence-electron chi connectivity index (χ1n) is 18.6. The molecule has 2 nitrogen and oxygen atoms in total. The second-order valence-corrected chi connectivity index (χ2v) is 18.8. The van der Waals surface area contributed by atoms with Crippen molar-refractivity contribution in [1.29, 1.82) is 0 Å². The van der Waals surface area contributed by atoms with Crippen LogP contribution in [0.2, 0.25) is 0 Å². The Bertz CT molecular complexity index is 2190. The zero-order chi connectivity index (χ0) is 41.3. The highest BCUT2D eigenvalue weighted by atomic mass is 32.1. The van der Waals surface area contributed by atoms with E-state index >= 15 is 26.3 Å². The van der Waals surface area contributed by atoms with E-state index < -0.39 is 29.6 Å². The first-order valence-corrected chi connectivity index (χ1v) is 20.2. The van der Waals surface area contributed by atoms with E-state index in [1.807, 2.05) is 65.8 Å². The van der Waals surface area contributed by atoms with Gasteiger partial charge in [0.2, 0.25) is 0 Å². The molecule has 298 valence electrons. The Morgan fingerprint density at radius 3 is 1.04 bits per heavy atom. The van der Waals surface area contributed by atoms with E-state index in [9.17, 15) is 0 Å². The molecule has 0 N–H and O–H groups in total. The quantitative estimate of drug-likeness (QED) is 0.142. The van der Waals surface area contributed by atoms with Gasteiger partial charge in [-0.2, -0.15) is 26.3 Å². The maximum absolute atomic E-state index is 16.8. The van der Waals surface area contributed by atoms with Gasteiger partial charge in [-0.15, -0.1) is 22.7 Å². The Morgan fingerprint density at radius 2 is 0.754 bits per heavy atom. The molecular weight excluding hydrogens is 775 g/mol. The lowest BCUT2D eigenvalue weighted by atomic mass is 9.79. The van der Waals surface area contributed by atoms with Crippen molar-refractivity contribution < 1.29 is 35.8 Å². The number of hydrogen-bond acceptors (Lipinski definition) is 4. The summed E-state index contributed by atoms with van der Waals surface area (Å²) in [5.74, 6) is -20.1. The van der Waals surface area contributed by atoms with Crippen molar-refractivity contribution in [3.63, 3.8) is 0 Å². The summed E-state index contributed by atoms with van der Waals surface area (Å²) < 4.78 is 110. The number of ether oxygens (including phenoxy) is 2. The molecule has 1 aliphatic rings. The fraction of sp³-hybridized carbons (Fsp3) is 0.319. The van der Waals surface area contributed by atoms with Crippen molar-refractivity contribution in [1.82, 2.24) is 0 Å². The van der Waals surface area contributed by atoms with E-state index in [0.717, 1.165) is 33.8 Å². The summed E-state index contributed by atoms with van der Waals surface area (Å²) in [5, 5.41) is 0. The summed E-state index contributed by atoms with van der Waals surface area (Å²) in [6, 6.07) is 31.0. The van der Waals surface area contributed by atoms with Crippen LogP contribution in [0.25, 0.3) is 41.8 Å². The van der Waals surface area contributed by atoms with E-state index in [1.54, 1.807) is 72.8 Å². The van der Waals surface area contributed by atoms with Crippen molar-refractivity contribution in [2.75, 3.05) is 14.2 Å². The maximum Gasteiger partial charge on any atom is 0.373 e.